The van der Waals surface area contributed by atoms with Crippen molar-refractivity contribution in [3.05, 3.63) is 46.5 Å². The first-order valence-corrected chi connectivity index (χ1v) is 10.2. The van der Waals surface area contributed by atoms with Crippen LogP contribution in [0.3, 0.4) is 0 Å². The predicted molar refractivity (Wildman–Crippen MR) is 117 cm³/mol. The zero-order chi connectivity index (χ0) is 22.0. The Kier molecular flexibility index (Phi) is 5.65. The number of amides is 1. The first kappa shape index (κ1) is 20.5. The van der Waals surface area contributed by atoms with Crippen LogP contribution in [0.4, 0.5) is 0 Å². The first-order chi connectivity index (χ1) is 15.0. The minimum Gasteiger partial charge on any atom is -0.337 e. The van der Waals surface area contributed by atoms with E-state index in [0.29, 0.717) is 22.7 Å². The molecule has 11 nitrogen and oxygen atoms in total. The average molecular weight is 425 g/mol. The van der Waals surface area contributed by atoms with Crippen LogP contribution < -0.4 is 5.56 Å². The number of nitrogens with one attached hydrogen (secondary N) is 2. The maximum absolute atomic E-state index is 11.7. The first-order valence-electron chi connectivity index (χ1n) is 10.2. The summed E-state index contributed by atoms with van der Waals surface area (Å²) in [6.07, 6.45) is 7.01. The van der Waals surface area contributed by atoms with Crippen molar-refractivity contribution in [3.8, 4) is 11.4 Å². The Hall–Kier alpha value is -3.76. The quantitative estimate of drug-likeness (QED) is 0.514. The van der Waals surface area contributed by atoms with E-state index < -0.39 is 0 Å². The summed E-state index contributed by atoms with van der Waals surface area (Å²) in [6.45, 7) is 6.60. The van der Waals surface area contributed by atoms with Crippen LogP contribution in [0.2, 0.25) is 0 Å². The Labute approximate surface area is 179 Å². The fraction of sp³-hybridized carbons (Fsp3) is 0.400. The van der Waals surface area contributed by atoms with Gasteiger partial charge in [0.15, 0.2) is 11.2 Å². The van der Waals surface area contributed by atoms with Crippen molar-refractivity contribution in [3.63, 3.8) is 0 Å². The summed E-state index contributed by atoms with van der Waals surface area (Å²) in [5.74, 6) is 0.779. The van der Waals surface area contributed by atoms with Gasteiger partial charge in [-0.25, -0.2) is 9.97 Å². The highest BCUT2D eigenvalue weighted by Gasteiger charge is 2.20. The van der Waals surface area contributed by atoms with Crippen molar-refractivity contribution in [1.29, 1.82) is 0 Å². The molecule has 0 atom stereocenters. The molecule has 1 aliphatic heterocycles. The number of hydrogen-bond donors (Lipinski definition) is 2. The molecule has 5 rings (SSSR count). The number of imidazole rings is 1. The molecule has 2 N–H and O–H groups in total. The monoisotopic (exact) mass is 425 g/mol. The second-order valence-corrected chi connectivity index (χ2v) is 7.33. The van der Waals surface area contributed by atoms with Gasteiger partial charge in [-0.05, 0) is 32.8 Å². The fourth-order valence-corrected chi connectivity index (χ4v) is 3.70. The number of rotatable bonds is 3. The number of aromatic nitrogens is 8. The summed E-state index contributed by atoms with van der Waals surface area (Å²) in [5.41, 5.74) is 3.23. The number of H-pyrrole nitrogens is 2. The molecular weight excluding hydrogens is 398 g/mol. The summed E-state index contributed by atoms with van der Waals surface area (Å²) in [7, 11) is 1.85. The topological polar surface area (TPSA) is 130 Å². The van der Waals surface area contributed by atoms with Gasteiger partial charge in [0.05, 0.1) is 18.1 Å². The van der Waals surface area contributed by atoms with E-state index in [4.69, 9.17) is 0 Å². The molecule has 4 aromatic heterocycles. The lowest BCUT2D eigenvalue weighted by atomic mass is 10.2. The Morgan fingerprint density at radius 1 is 1.29 bits per heavy atom. The van der Waals surface area contributed by atoms with Crippen LogP contribution in [0.25, 0.3) is 22.6 Å². The van der Waals surface area contributed by atoms with Gasteiger partial charge in [0.25, 0.3) is 11.5 Å². The largest absolute Gasteiger partial charge is 0.337 e. The molecular formula is C20H27N9O2. The number of fused-ring (bicyclic) bond motifs is 1. The number of likely N-dealkylation sites (tertiary alicyclic amines) is 1. The molecule has 0 bridgehead atoms. The van der Waals surface area contributed by atoms with Gasteiger partial charge in [0, 0.05) is 40.0 Å². The Balaban J connectivity index is 0.000000193. The van der Waals surface area contributed by atoms with E-state index in [9.17, 15) is 9.59 Å². The third-order valence-electron chi connectivity index (χ3n) is 5.43. The lowest BCUT2D eigenvalue weighted by Gasteiger charge is -2.12. The lowest BCUT2D eigenvalue weighted by Crippen LogP contribution is -2.27. The van der Waals surface area contributed by atoms with Gasteiger partial charge in [-0.3, -0.25) is 19.4 Å². The number of hydrogen-bond acceptors (Lipinski definition) is 6. The molecule has 1 aliphatic rings. The standard InChI is InChI=1S/C12H14N6O.C8H11N3O.H2/c1-4-18-7(2)8(5-15-18)10-16-9-11(17(10)3)13-6-14-12(9)19;12-8(7-3-4-9-10-7)11-5-1-2-6-11;/h5-6H,4H2,1-3H3,(H,13,14,19);3-4H,1-2,5-6H2,(H,9,10);1H. The third-order valence-corrected chi connectivity index (χ3v) is 5.43. The molecule has 0 spiro atoms. The van der Waals surface area contributed by atoms with E-state index in [2.05, 4.69) is 30.2 Å². The highest BCUT2D eigenvalue weighted by molar-refractivity contribution is 5.92. The molecule has 164 valence electrons. The van der Waals surface area contributed by atoms with E-state index in [1.807, 2.05) is 35.0 Å². The zero-order valence-electron chi connectivity index (χ0n) is 17.8. The third kappa shape index (κ3) is 3.86. The molecule has 5 heterocycles. The van der Waals surface area contributed by atoms with E-state index in [-0.39, 0.29) is 12.9 Å². The Morgan fingerprint density at radius 3 is 2.68 bits per heavy atom. The van der Waals surface area contributed by atoms with E-state index in [1.54, 1.807) is 18.5 Å². The number of aryl methyl sites for hydroxylation is 2. The Bertz CT molecular complexity index is 1250. The Morgan fingerprint density at radius 2 is 2.06 bits per heavy atom. The number of carbonyl (C=O) groups excluding carboxylic acids is 1. The molecule has 0 unspecified atom stereocenters. The van der Waals surface area contributed by atoms with Crippen LogP contribution in [0.5, 0.6) is 0 Å². The average Bonchev–Trinajstić information content (AvgIpc) is 3.57. The predicted octanol–water partition coefficient (Wildman–Crippen LogP) is 1.74. The maximum Gasteiger partial charge on any atom is 0.278 e. The van der Waals surface area contributed by atoms with Crippen molar-refractivity contribution in [2.45, 2.75) is 33.2 Å². The molecule has 1 fully saturated rings. The smallest absolute Gasteiger partial charge is 0.278 e. The number of aromatic amines is 2. The van der Waals surface area contributed by atoms with Crippen molar-refractivity contribution in [2.75, 3.05) is 13.1 Å². The molecule has 0 saturated carbocycles. The second kappa shape index (κ2) is 8.54. The fourth-order valence-electron chi connectivity index (χ4n) is 3.70. The molecule has 31 heavy (non-hydrogen) atoms. The molecule has 0 aliphatic carbocycles. The van der Waals surface area contributed by atoms with Crippen LogP contribution in [-0.2, 0) is 13.6 Å². The minimum atomic E-state index is -0.229. The van der Waals surface area contributed by atoms with Gasteiger partial charge >= 0.3 is 0 Å². The van der Waals surface area contributed by atoms with Crippen LogP contribution >= 0.6 is 0 Å². The maximum atomic E-state index is 11.7. The molecule has 1 saturated heterocycles. The van der Waals surface area contributed by atoms with E-state index in [0.717, 1.165) is 43.7 Å². The normalized spacial score (nSPS) is 13.5. The SMILES string of the molecule is CCn1ncc(-c2nc3c(=O)[nH]cnc3n2C)c1C.O=C(c1ccn[nH]1)N1CCCC1.[HH]. The summed E-state index contributed by atoms with van der Waals surface area (Å²) >= 11 is 0. The highest BCUT2D eigenvalue weighted by Crippen LogP contribution is 2.23. The van der Waals surface area contributed by atoms with Crippen molar-refractivity contribution < 1.29 is 6.22 Å². The summed E-state index contributed by atoms with van der Waals surface area (Å²) < 4.78 is 3.71. The van der Waals surface area contributed by atoms with E-state index in [1.165, 1.54) is 6.33 Å². The summed E-state index contributed by atoms with van der Waals surface area (Å²) in [5, 5.41) is 10.7. The highest BCUT2D eigenvalue weighted by atomic mass is 16.2. The van der Waals surface area contributed by atoms with Gasteiger partial charge in [-0.15, -0.1) is 0 Å². The lowest BCUT2D eigenvalue weighted by molar-refractivity contribution is 0.0787. The van der Waals surface area contributed by atoms with Gasteiger partial charge < -0.3 is 14.5 Å². The number of carbonyl (C=O) groups is 1. The van der Waals surface area contributed by atoms with Crippen molar-refractivity contribution in [2.24, 2.45) is 7.05 Å². The van der Waals surface area contributed by atoms with Gasteiger partial charge in [0.2, 0.25) is 0 Å². The van der Waals surface area contributed by atoms with E-state index >= 15 is 0 Å². The van der Waals surface area contributed by atoms with Crippen molar-refractivity contribution >= 4 is 17.1 Å². The van der Waals surface area contributed by atoms with Crippen LogP contribution in [0.1, 0.15) is 37.4 Å². The van der Waals surface area contributed by atoms with Crippen LogP contribution in [0.15, 0.2) is 29.6 Å². The molecule has 0 radical (unpaired) electrons. The van der Waals surface area contributed by atoms with Crippen LogP contribution in [0, 0.1) is 6.92 Å². The number of nitrogens with zero attached hydrogens (tertiary/aromatic N) is 7. The van der Waals surface area contributed by atoms with Gasteiger partial charge in [-0.2, -0.15) is 10.2 Å². The second-order valence-electron chi connectivity index (χ2n) is 7.33. The minimum absolute atomic E-state index is 0. The molecule has 1 amide bonds. The summed E-state index contributed by atoms with van der Waals surface area (Å²) in [6, 6.07) is 1.71. The van der Waals surface area contributed by atoms with Crippen molar-refractivity contribution in [1.82, 2.24) is 44.4 Å². The molecule has 11 heteroatoms. The van der Waals surface area contributed by atoms with Gasteiger partial charge in [-0.1, -0.05) is 0 Å². The van der Waals surface area contributed by atoms with Crippen LogP contribution in [-0.4, -0.2) is 63.4 Å². The summed E-state index contributed by atoms with van der Waals surface area (Å²) in [4.78, 5) is 36.2. The molecule has 0 aromatic carbocycles. The van der Waals surface area contributed by atoms with Gasteiger partial charge in [0.1, 0.15) is 11.5 Å². The molecule has 4 aromatic rings. The zero-order valence-corrected chi connectivity index (χ0v) is 17.8.